The molecular formula is C17H16BrN3. The van der Waals surface area contributed by atoms with Crippen LogP contribution < -0.4 is 11.1 Å². The summed E-state index contributed by atoms with van der Waals surface area (Å²) in [6.45, 7) is 2.85. The van der Waals surface area contributed by atoms with Crippen molar-refractivity contribution >= 4 is 38.2 Å². The van der Waals surface area contributed by atoms with Crippen molar-refractivity contribution in [2.24, 2.45) is 0 Å². The van der Waals surface area contributed by atoms with Crippen LogP contribution in [0.5, 0.6) is 0 Å². The number of hydrogen-bond donors (Lipinski definition) is 2. The van der Waals surface area contributed by atoms with Crippen LogP contribution in [0.3, 0.4) is 0 Å². The molecule has 0 bridgehead atoms. The van der Waals surface area contributed by atoms with Crippen molar-refractivity contribution in [2.45, 2.75) is 13.5 Å². The van der Waals surface area contributed by atoms with E-state index in [2.05, 4.69) is 57.4 Å². The van der Waals surface area contributed by atoms with Gasteiger partial charge in [0.2, 0.25) is 0 Å². The monoisotopic (exact) mass is 341 g/mol. The lowest BCUT2D eigenvalue weighted by molar-refractivity contribution is 1.15. The molecule has 0 aliphatic carbocycles. The minimum Gasteiger partial charge on any atom is -0.398 e. The van der Waals surface area contributed by atoms with Crippen molar-refractivity contribution in [3.63, 3.8) is 0 Å². The summed E-state index contributed by atoms with van der Waals surface area (Å²) in [4.78, 5) is 4.48. The van der Waals surface area contributed by atoms with E-state index >= 15 is 0 Å². The third kappa shape index (κ3) is 3.00. The molecule has 3 N–H and O–H groups in total. The third-order valence-corrected chi connectivity index (χ3v) is 3.89. The highest BCUT2D eigenvalue weighted by Crippen LogP contribution is 2.29. The Labute approximate surface area is 132 Å². The van der Waals surface area contributed by atoms with Gasteiger partial charge in [0, 0.05) is 28.3 Å². The highest BCUT2D eigenvalue weighted by atomic mass is 79.9. The van der Waals surface area contributed by atoms with Gasteiger partial charge >= 0.3 is 0 Å². The number of pyridine rings is 1. The number of aromatic nitrogens is 1. The minimum absolute atomic E-state index is 0.736. The first-order valence-electron chi connectivity index (χ1n) is 6.76. The Kier molecular flexibility index (Phi) is 3.80. The molecule has 0 fully saturated rings. The summed E-state index contributed by atoms with van der Waals surface area (Å²) in [6.07, 6.45) is 1.79. The molecule has 0 aliphatic rings. The number of nitrogens with two attached hydrogens (primary N) is 1. The zero-order valence-corrected chi connectivity index (χ0v) is 13.3. The van der Waals surface area contributed by atoms with Crippen LogP contribution in [0.4, 0.5) is 11.4 Å². The Morgan fingerprint density at radius 2 is 1.90 bits per heavy atom. The molecule has 106 valence electrons. The van der Waals surface area contributed by atoms with Gasteiger partial charge in [0.15, 0.2) is 0 Å². The Hall–Kier alpha value is -2.07. The van der Waals surface area contributed by atoms with Crippen LogP contribution >= 0.6 is 15.9 Å². The highest BCUT2D eigenvalue weighted by molar-refractivity contribution is 9.10. The molecule has 1 aromatic heterocycles. The molecule has 0 saturated carbocycles. The van der Waals surface area contributed by atoms with Crippen LogP contribution in [0.25, 0.3) is 10.9 Å². The molecule has 0 spiro atoms. The molecule has 3 aromatic rings. The number of nitrogen functional groups attached to an aromatic ring is 1. The van der Waals surface area contributed by atoms with Gasteiger partial charge < -0.3 is 11.1 Å². The van der Waals surface area contributed by atoms with Crippen LogP contribution in [0, 0.1) is 6.92 Å². The molecule has 0 saturated heterocycles. The topological polar surface area (TPSA) is 50.9 Å². The first kappa shape index (κ1) is 13.9. The lowest BCUT2D eigenvalue weighted by Gasteiger charge is -2.11. The van der Waals surface area contributed by atoms with Crippen molar-refractivity contribution in [2.75, 3.05) is 11.1 Å². The number of fused-ring (bicyclic) bond motifs is 1. The Morgan fingerprint density at radius 3 is 2.67 bits per heavy atom. The second-order valence-electron chi connectivity index (χ2n) is 5.09. The number of benzene rings is 2. The Morgan fingerprint density at radius 1 is 1.14 bits per heavy atom. The fraction of sp³-hybridized carbons (Fsp3) is 0.118. The molecule has 0 amide bonds. The van der Waals surface area contributed by atoms with Crippen molar-refractivity contribution in [1.29, 1.82) is 0 Å². The van der Waals surface area contributed by atoms with Gasteiger partial charge in [-0.1, -0.05) is 29.8 Å². The van der Waals surface area contributed by atoms with E-state index < -0.39 is 0 Å². The van der Waals surface area contributed by atoms with Gasteiger partial charge in [0.05, 0.1) is 11.2 Å². The number of anilines is 2. The van der Waals surface area contributed by atoms with E-state index in [4.69, 9.17) is 5.73 Å². The van der Waals surface area contributed by atoms with Crippen LogP contribution in [-0.2, 0) is 6.54 Å². The summed E-state index contributed by atoms with van der Waals surface area (Å²) >= 11 is 3.44. The average molecular weight is 342 g/mol. The number of nitrogens with zero attached hydrogens (tertiary/aromatic N) is 1. The van der Waals surface area contributed by atoms with Gasteiger partial charge in [-0.25, -0.2) is 0 Å². The van der Waals surface area contributed by atoms with Crippen LogP contribution in [0.15, 0.2) is 53.1 Å². The molecule has 21 heavy (non-hydrogen) atoms. The SMILES string of the molecule is Cc1ccc(CNc2ccc(N)c3cc(Br)cnc23)cc1. The summed E-state index contributed by atoms with van der Waals surface area (Å²) in [6, 6.07) is 14.4. The van der Waals surface area contributed by atoms with Crippen LogP contribution in [0.2, 0.25) is 0 Å². The normalized spacial score (nSPS) is 10.8. The van der Waals surface area contributed by atoms with Gasteiger partial charge in [0.25, 0.3) is 0 Å². The Bertz CT molecular complexity index is 782. The summed E-state index contributed by atoms with van der Waals surface area (Å²) in [5, 5.41) is 4.39. The molecule has 1 heterocycles. The molecule has 0 unspecified atom stereocenters. The molecule has 3 nitrogen and oxygen atoms in total. The number of aryl methyl sites for hydroxylation is 1. The first-order valence-corrected chi connectivity index (χ1v) is 7.56. The van der Waals surface area contributed by atoms with E-state index in [1.54, 1.807) is 6.20 Å². The van der Waals surface area contributed by atoms with E-state index in [1.165, 1.54) is 11.1 Å². The first-order chi connectivity index (χ1) is 10.1. The number of nitrogens with one attached hydrogen (secondary N) is 1. The summed E-state index contributed by atoms with van der Waals surface area (Å²) in [5.74, 6) is 0. The predicted octanol–water partition coefficient (Wildman–Crippen LogP) is 4.50. The molecule has 4 heteroatoms. The maximum Gasteiger partial charge on any atom is 0.0954 e. The molecule has 2 aromatic carbocycles. The zero-order valence-electron chi connectivity index (χ0n) is 11.7. The summed E-state index contributed by atoms with van der Waals surface area (Å²) < 4.78 is 0.928. The van der Waals surface area contributed by atoms with Crippen LogP contribution in [0.1, 0.15) is 11.1 Å². The number of rotatable bonds is 3. The predicted molar refractivity (Wildman–Crippen MR) is 92.4 cm³/mol. The second-order valence-corrected chi connectivity index (χ2v) is 6.01. The Balaban J connectivity index is 1.90. The molecule has 3 rings (SSSR count). The zero-order chi connectivity index (χ0) is 14.8. The number of hydrogen-bond acceptors (Lipinski definition) is 3. The van der Waals surface area contributed by atoms with Gasteiger partial charge in [-0.15, -0.1) is 0 Å². The van der Waals surface area contributed by atoms with Crippen LogP contribution in [-0.4, -0.2) is 4.98 Å². The quantitative estimate of drug-likeness (QED) is 0.689. The smallest absolute Gasteiger partial charge is 0.0954 e. The second kappa shape index (κ2) is 5.74. The lowest BCUT2D eigenvalue weighted by Crippen LogP contribution is -2.01. The van der Waals surface area contributed by atoms with E-state index in [0.29, 0.717) is 0 Å². The van der Waals surface area contributed by atoms with E-state index in [0.717, 1.165) is 33.3 Å². The van der Waals surface area contributed by atoms with Gasteiger partial charge in [-0.3, -0.25) is 4.98 Å². The van der Waals surface area contributed by atoms with Gasteiger partial charge in [0.1, 0.15) is 0 Å². The fourth-order valence-electron chi connectivity index (χ4n) is 2.26. The lowest BCUT2D eigenvalue weighted by atomic mass is 10.1. The average Bonchev–Trinajstić information content (AvgIpc) is 2.49. The van der Waals surface area contributed by atoms with Crippen molar-refractivity contribution < 1.29 is 0 Å². The largest absolute Gasteiger partial charge is 0.398 e. The van der Waals surface area contributed by atoms with E-state index in [9.17, 15) is 0 Å². The molecule has 0 radical (unpaired) electrons. The van der Waals surface area contributed by atoms with Crippen molar-refractivity contribution in [3.8, 4) is 0 Å². The maximum atomic E-state index is 6.03. The van der Waals surface area contributed by atoms with Gasteiger partial charge in [-0.05, 0) is 46.6 Å². The highest BCUT2D eigenvalue weighted by Gasteiger charge is 2.06. The standard InChI is InChI=1S/C17H16BrN3/c1-11-2-4-12(5-3-11)9-20-16-7-6-15(19)14-8-13(18)10-21-17(14)16/h2-8,10,20H,9,19H2,1H3. The number of halogens is 1. The fourth-order valence-corrected chi connectivity index (χ4v) is 2.59. The van der Waals surface area contributed by atoms with Crippen molar-refractivity contribution in [3.05, 3.63) is 64.3 Å². The van der Waals surface area contributed by atoms with E-state index in [-0.39, 0.29) is 0 Å². The third-order valence-electron chi connectivity index (χ3n) is 3.45. The van der Waals surface area contributed by atoms with E-state index in [1.807, 2.05) is 18.2 Å². The molecular weight excluding hydrogens is 326 g/mol. The van der Waals surface area contributed by atoms with Gasteiger partial charge in [-0.2, -0.15) is 0 Å². The minimum atomic E-state index is 0.736. The molecule has 0 atom stereocenters. The summed E-state index contributed by atoms with van der Waals surface area (Å²) in [7, 11) is 0. The van der Waals surface area contributed by atoms with Crippen molar-refractivity contribution in [1.82, 2.24) is 4.98 Å². The summed E-state index contributed by atoms with van der Waals surface area (Å²) in [5.41, 5.74) is 11.2. The maximum absolute atomic E-state index is 6.03. The molecule has 0 aliphatic heterocycles.